The van der Waals surface area contributed by atoms with Crippen LogP contribution in [0.25, 0.3) is 0 Å². The summed E-state index contributed by atoms with van der Waals surface area (Å²) in [7, 11) is 0. The molecule has 0 heterocycles. The molecule has 2 atom stereocenters. The maximum atomic E-state index is 12.2. The fourth-order valence-electron chi connectivity index (χ4n) is 2.13. The fraction of sp³-hybridized carbons (Fsp3) is 0.500. The van der Waals surface area contributed by atoms with Crippen LogP contribution >= 0.6 is 0 Å². The summed E-state index contributed by atoms with van der Waals surface area (Å²) in [6.07, 6.45) is -0.583. The number of carboxylic acids is 1. The number of ether oxygens (including phenoxy) is 1. The van der Waals surface area contributed by atoms with Gasteiger partial charge in [0.1, 0.15) is 5.60 Å². The molecule has 2 N–H and O–H groups in total. The van der Waals surface area contributed by atoms with Crippen LogP contribution in [0.1, 0.15) is 39.7 Å². The van der Waals surface area contributed by atoms with Gasteiger partial charge in [-0.2, -0.15) is 0 Å². The molecule has 0 radical (unpaired) electrons. The topological polar surface area (TPSA) is 92.7 Å². The van der Waals surface area contributed by atoms with Crippen LogP contribution in [-0.2, 0) is 20.7 Å². The zero-order valence-electron chi connectivity index (χ0n) is 14.5. The lowest BCUT2D eigenvalue weighted by atomic mass is 9.92. The van der Waals surface area contributed by atoms with Gasteiger partial charge in [0.25, 0.3) is 0 Å². The minimum atomic E-state index is -1.03. The standard InChI is InChI=1S/C18H25NO5/c1-12(19-17(23)24-18(2,3)4)15(20)11-14(16(21)22)10-13-8-6-5-7-9-13/h5-9,12,14H,10-11H2,1-4H3,(H,19,23)(H,21,22). The summed E-state index contributed by atoms with van der Waals surface area (Å²) in [4.78, 5) is 35.3. The molecule has 0 spiro atoms. The number of hydrogen-bond acceptors (Lipinski definition) is 4. The molecule has 132 valence electrons. The van der Waals surface area contributed by atoms with Crippen LogP contribution < -0.4 is 5.32 Å². The smallest absolute Gasteiger partial charge is 0.408 e. The van der Waals surface area contributed by atoms with E-state index in [0.29, 0.717) is 0 Å². The number of nitrogens with one attached hydrogen (secondary N) is 1. The minimum absolute atomic E-state index is 0.152. The van der Waals surface area contributed by atoms with Crippen molar-refractivity contribution in [2.24, 2.45) is 5.92 Å². The number of aliphatic carboxylic acids is 1. The van der Waals surface area contributed by atoms with Crippen LogP contribution in [-0.4, -0.2) is 34.6 Å². The van der Waals surface area contributed by atoms with Crippen LogP contribution in [0.2, 0.25) is 0 Å². The van der Waals surface area contributed by atoms with E-state index in [-0.39, 0.29) is 18.6 Å². The van der Waals surface area contributed by atoms with Crippen molar-refractivity contribution in [3.8, 4) is 0 Å². The summed E-state index contributed by atoms with van der Waals surface area (Å²) in [6, 6.07) is 8.33. The van der Waals surface area contributed by atoms with E-state index in [2.05, 4.69) is 5.32 Å². The van der Waals surface area contributed by atoms with Gasteiger partial charge in [0.05, 0.1) is 12.0 Å². The largest absolute Gasteiger partial charge is 0.481 e. The Morgan fingerprint density at radius 1 is 1.17 bits per heavy atom. The Kier molecular flexibility index (Phi) is 6.95. The molecule has 0 aliphatic heterocycles. The van der Waals surface area contributed by atoms with Crippen LogP contribution in [0.4, 0.5) is 4.79 Å². The van der Waals surface area contributed by atoms with Crippen molar-refractivity contribution in [3.05, 3.63) is 35.9 Å². The molecule has 24 heavy (non-hydrogen) atoms. The number of Topliss-reactive ketones (excluding diaryl/α,β-unsaturated/α-hetero) is 1. The quantitative estimate of drug-likeness (QED) is 0.799. The molecular weight excluding hydrogens is 310 g/mol. The first-order valence-electron chi connectivity index (χ1n) is 7.87. The number of carbonyl (C=O) groups excluding carboxylic acids is 2. The van der Waals surface area contributed by atoms with Crippen molar-refractivity contribution in [2.45, 2.75) is 52.2 Å². The van der Waals surface area contributed by atoms with Gasteiger partial charge in [0, 0.05) is 6.42 Å². The summed E-state index contributed by atoms with van der Waals surface area (Å²) in [6.45, 7) is 6.69. The molecule has 1 aromatic rings. The number of alkyl carbamates (subject to hydrolysis) is 1. The molecular formula is C18H25NO5. The molecule has 2 unspecified atom stereocenters. The monoisotopic (exact) mass is 335 g/mol. The molecule has 0 aromatic heterocycles. The number of rotatable bonds is 7. The predicted octanol–water partition coefficient (Wildman–Crippen LogP) is 2.80. The van der Waals surface area contributed by atoms with Gasteiger partial charge in [-0.15, -0.1) is 0 Å². The molecule has 0 saturated carbocycles. The van der Waals surface area contributed by atoms with Gasteiger partial charge in [-0.3, -0.25) is 9.59 Å². The van der Waals surface area contributed by atoms with E-state index in [9.17, 15) is 19.5 Å². The Bertz CT molecular complexity index is 577. The second-order valence-corrected chi connectivity index (χ2v) is 6.76. The van der Waals surface area contributed by atoms with Crippen molar-refractivity contribution in [2.75, 3.05) is 0 Å². The number of benzene rings is 1. The minimum Gasteiger partial charge on any atom is -0.481 e. The summed E-state index contributed by atoms with van der Waals surface area (Å²) < 4.78 is 5.09. The maximum Gasteiger partial charge on any atom is 0.408 e. The molecule has 0 fully saturated rings. The second-order valence-electron chi connectivity index (χ2n) is 6.76. The lowest BCUT2D eigenvalue weighted by Crippen LogP contribution is -2.42. The third-order valence-corrected chi connectivity index (χ3v) is 3.34. The highest BCUT2D eigenvalue weighted by Crippen LogP contribution is 2.15. The molecule has 0 aliphatic carbocycles. The molecule has 0 saturated heterocycles. The summed E-state index contributed by atoms with van der Waals surface area (Å²) in [5.41, 5.74) is 0.189. The van der Waals surface area contributed by atoms with E-state index in [1.165, 1.54) is 6.92 Å². The first-order chi connectivity index (χ1) is 11.1. The Morgan fingerprint density at radius 2 is 1.75 bits per heavy atom. The fourth-order valence-corrected chi connectivity index (χ4v) is 2.13. The number of hydrogen-bond donors (Lipinski definition) is 2. The lowest BCUT2D eigenvalue weighted by Gasteiger charge is -2.22. The summed E-state index contributed by atoms with van der Waals surface area (Å²) in [5, 5.41) is 11.8. The van der Waals surface area contributed by atoms with Gasteiger partial charge in [-0.1, -0.05) is 30.3 Å². The van der Waals surface area contributed by atoms with E-state index in [1.807, 2.05) is 30.3 Å². The van der Waals surface area contributed by atoms with Gasteiger partial charge in [-0.25, -0.2) is 4.79 Å². The zero-order chi connectivity index (χ0) is 18.3. The van der Waals surface area contributed by atoms with Gasteiger partial charge in [0.2, 0.25) is 0 Å². The van der Waals surface area contributed by atoms with Crippen molar-refractivity contribution >= 4 is 17.8 Å². The maximum absolute atomic E-state index is 12.2. The van der Waals surface area contributed by atoms with E-state index in [4.69, 9.17) is 4.74 Å². The molecule has 1 aromatic carbocycles. The Morgan fingerprint density at radius 3 is 2.25 bits per heavy atom. The van der Waals surface area contributed by atoms with E-state index in [1.54, 1.807) is 20.8 Å². The first kappa shape index (κ1) is 19.7. The highest BCUT2D eigenvalue weighted by Gasteiger charge is 2.26. The predicted molar refractivity (Wildman–Crippen MR) is 89.7 cm³/mol. The van der Waals surface area contributed by atoms with Gasteiger partial charge in [-0.05, 0) is 39.7 Å². The number of carboxylic acid groups (broad SMARTS) is 1. The summed E-state index contributed by atoms with van der Waals surface area (Å²) in [5.74, 6) is -2.20. The third kappa shape index (κ3) is 7.26. The Balaban J connectivity index is 2.61. The average molecular weight is 335 g/mol. The SMILES string of the molecule is CC(NC(=O)OC(C)(C)C)C(=O)CC(Cc1ccccc1)C(=O)O. The van der Waals surface area contributed by atoms with Crippen molar-refractivity contribution in [1.82, 2.24) is 5.32 Å². The van der Waals surface area contributed by atoms with Gasteiger partial charge >= 0.3 is 12.1 Å². The lowest BCUT2D eigenvalue weighted by molar-refractivity contribution is -0.143. The van der Waals surface area contributed by atoms with Crippen LogP contribution in [0.3, 0.4) is 0 Å². The third-order valence-electron chi connectivity index (χ3n) is 3.34. The Hall–Kier alpha value is -2.37. The van der Waals surface area contributed by atoms with E-state index in [0.717, 1.165) is 5.56 Å². The van der Waals surface area contributed by atoms with Crippen LogP contribution in [0.5, 0.6) is 0 Å². The highest BCUT2D eigenvalue weighted by atomic mass is 16.6. The second kappa shape index (κ2) is 8.47. The Labute approximate surface area is 142 Å². The highest BCUT2D eigenvalue weighted by molar-refractivity contribution is 5.90. The van der Waals surface area contributed by atoms with Gasteiger partial charge in [0.15, 0.2) is 5.78 Å². The molecule has 1 rings (SSSR count). The van der Waals surface area contributed by atoms with Crippen LogP contribution in [0, 0.1) is 5.92 Å². The van der Waals surface area contributed by atoms with Crippen molar-refractivity contribution in [1.29, 1.82) is 0 Å². The average Bonchev–Trinajstić information content (AvgIpc) is 2.45. The molecule has 1 amide bonds. The first-order valence-corrected chi connectivity index (χ1v) is 7.87. The summed E-state index contributed by atoms with van der Waals surface area (Å²) >= 11 is 0. The van der Waals surface area contributed by atoms with Crippen molar-refractivity contribution < 1.29 is 24.2 Å². The van der Waals surface area contributed by atoms with E-state index < -0.39 is 29.6 Å². The normalized spacial score (nSPS) is 13.7. The van der Waals surface area contributed by atoms with Crippen LogP contribution in [0.15, 0.2) is 30.3 Å². The van der Waals surface area contributed by atoms with Gasteiger partial charge < -0.3 is 15.2 Å². The number of ketones is 1. The number of amides is 1. The molecule has 6 heteroatoms. The molecule has 6 nitrogen and oxygen atoms in total. The van der Waals surface area contributed by atoms with E-state index >= 15 is 0 Å². The zero-order valence-corrected chi connectivity index (χ0v) is 14.5. The van der Waals surface area contributed by atoms with Crippen molar-refractivity contribution in [3.63, 3.8) is 0 Å². The molecule has 0 bridgehead atoms. The number of carbonyl (C=O) groups is 3. The molecule has 0 aliphatic rings.